The monoisotopic (exact) mass is 272 g/mol. The van der Waals surface area contributed by atoms with Gasteiger partial charge in [0, 0.05) is 17.1 Å². The number of hydrogen-bond acceptors (Lipinski definition) is 4. The second kappa shape index (κ2) is 5.41. The molecule has 0 atom stereocenters. The summed E-state index contributed by atoms with van der Waals surface area (Å²) in [6.07, 6.45) is 5.32. The van der Waals surface area contributed by atoms with Gasteiger partial charge in [-0.1, -0.05) is 11.6 Å². The molecule has 0 amide bonds. The van der Waals surface area contributed by atoms with Gasteiger partial charge in [0.15, 0.2) is 0 Å². The zero-order chi connectivity index (χ0) is 14.0. The molecule has 0 aromatic heterocycles. The molecule has 1 aliphatic heterocycles. The summed E-state index contributed by atoms with van der Waals surface area (Å²) in [6, 6.07) is 0.345. The van der Waals surface area contributed by atoms with Crippen molar-refractivity contribution in [3.05, 3.63) is 23.1 Å². The number of piperidine rings is 1. The summed E-state index contributed by atoms with van der Waals surface area (Å²) < 4.78 is 0. The van der Waals surface area contributed by atoms with Gasteiger partial charge in [-0.25, -0.2) is 0 Å². The van der Waals surface area contributed by atoms with E-state index in [1.54, 1.807) is 12.2 Å². The molecule has 1 heterocycles. The summed E-state index contributed by atoms with van der Waals surface area (Å²) >= 11 is 5.56. The third kappa shape index (κ3) is 5.19. The number of rotatable bonds is 3. The van der Waals surface area contributed by atoms with Gasteiger partial charge in [0.2, 0.25) is 0 Å². The number of halogens is 1. The molecule has 18 heavy (non-hydrogen) atoms. The van der Waals surface area contributed by atoms with Crippen LogP contribution in [0.5, 0.6) is 0 Å². The first kappa shape index (κ1) is 15.2. The molecular weight excluding hydrogens is 248 g/mol. The fourth-order valence-electron chi connectivity index (χ4n) is 2.88. The van der Waals surface area contributed by atoms with Crippen molar-refractivity contribution in [3.63, 3.8) is 0 Å². The Morgan fingerprint density at radius 2 is 1.67 bits per heavy atom. The van der Waals surface area contributed by atoms with Gasteiger partial charge in [-0.15, -0.1) is 0 Å². The van der Waals surface area contributed by atoms with Crippen molar-refractivity contribution in [1.82, 2.24) is 10.6 Å². The van der Waals surface area contributed by atoms with Crippen molar-refractivity contribution >= 4 is 11.6 Å². The molecule has 1 fully saturated rings. The summed E-state index contributed by atoms with van der Waals surface area (Å²) in [4.78, 5) is 0. The van der Waals surface area contributed by atoms with E-state index in [9.17, 15) is 0 Å². The predicted octanol–water partition coefficient (Wildman–Crippen LogP) is 1.72. The van der Waals surface area contributed by atoms with E-state index in [1.807, 2.05) is 0 Å². The highest BCUT2D eigenvalue weighted by Gasteiger charge is 2.37. The topological polar surface area (TPSA) is 76.1 Å². The van der Waals surface area contributed by atoms with E-state index >= 15 is 0 Å². The van der Waals surface area contributed by atoms with Gasteiger partial charge in [-0.05, 0) is 52.7 Å². The van der Waals surface area contributed by atoms with Gasteiger partial charge >= 0.3 is 0 Å². The summed E-state index contributed by atoms with van der Waals surface area (Å²) in [5, 5.41) is 7.19. The number of nitrogens with two attached hydrogens (primary N) is 2. The Morgan fingerprint density at radius 3 is 2.11 bits per heavy atom. The number of nitrogens with one attached hydrogen (secondary N) is 2. The second-order valence-electron chi connectivity index (χ2n) is 6.32. The Labute approximate surface area is 115 Å². The van der Waals surface area contributed by atoms with E-state index in [0.717, 1.165) is 12.8 Å². The minimum Gasteiger partial charge on any atom is -0.389 e. The standard InChI is InChI=1S/C13H25ClN4/c1-12(2)7-9(8-13(3,4)18-12)17-11(16)6-5-10(14)15/h5-6,9,17-18H,7-8,15-16H2,1-4H3/b10-5-,11-6+. The van der Waals surface area contributed by atoms with Crippen LogP contribution in [0, 0.1) is 0 Å². The van der Waals surface area contributed by atoms with Gasteiger partial charge in [-0.3, -0.25) is 0 Å². The maximum absolute atomic E-state index is 5.90. The van der Waals surface area contributed by atoms with Crippen LogP contribution in [0.15, 0.2) is 23.1 Å². The molecule has 0 bridgehead atoms. The van der Waals surface area contributed by atoms with E-state index in [1.165, 1.54) is 0 Å². The van der Waals surface area contributed by atoms with Crippen molar-refractivity contribution in [2.75, 3.05) is 0 Å². The zero-order valence-electron chi connectivity index (χ0n) is 11.7. The van der Waals surface area contributed by atoms with Gasteiger partial charge in [0.05, 0.1) is 11.0 Å². The van der Waals surface area contributed by atoms with Crippen LogP contribution in [0.2, 0.25) is 0 Å². The van der Waals surface area contributed by atoms with Gasteiger partial charge in [-0.2, -0.15) is 0 Å². The molecule has 0 spiro atoms. The maximum atomic E-state index is 5.90. The lowest BCUT2D eigenvalue weighted by molar-refractivity contribution is 0.151. The first-order valence-corrected chi connectivity index (χ1v) is 6.62. The Balaban J connectivity index is 2.67. The van der Waals surface area contributed by atoms with E-state index in [-0.39, 0.29) is 16.2 Å². The molecule has 0 aromatic carbocycles. The third-order valence-electron chi connectivity index (χ3n) is 2.98. The molecule has 0 saturated carbocycles. The van der Waals surface area contributed by atoms with Crippen molar-refractivity contribution in [2.45, 2.75) is 57.7 Å². The average molecular weight is 273 g/mol. The van der Waals surface area contributed by atoms with Crippen LogP contribution < -0.4 is 22.1 Å². The molecule has 0 unspecified atom stereocenters. The van der Waals surface area contributed by atoms with Crippen LogP contribution in [0.25, 0.3) is 0 Å². The molecule has 0 aromatic rings. The van der Waals surface area contributed by atoms with Crippen LogP contribution in [-0.2, 0) is 0 Å². The van der Waals surface area contributed by atoms with Crippen LogP contribution in [-0.4, -0.2) is 17.1 Å². The maximum Gasteiger partial charge on any atom is 0.0993 e. The van der Waals surface area contributed by atoms with Crippen molar-refractivity contribution in [2.24, 2.45) is 11.5 Å². The van der Waals surface area contributed by atoms with Crippen LogP contribution in [0.4, 0.5) is 0 Å². The Kier molecular flexibility index (Phi) is 4.56. The Hall–Kier alpha value is -0.870. The first-order chi connectivity index (χ1) is 8.10. The zero-order valence-corrected chi connectivity index (χ0v) is 12.4. The molecule has 104 valence electrons. The van der Waals surface area contributed by atoms with E-state index < -0.39 is 0 Å². The van der Waals surface area contributed by atoms with Crippen LogP contribution in [0.1, 0.15) is 40.5 Å². The molecule has 6 N–H and O–H groups in total. The molecule has 1 rings (SSSR count). The van der Waals surface area contributed by atoms with Crippen molar-refractivity contribution < 1.29 is 0 Å². The molecule has 0 radical (unpaired) electrons. The molecule has 4 nitrogen and oxygen atoms in total. The van der Waals surface area contributed by atoms with E-state index in [4.69, 9.17) is 23.1 Å². The minimum atomic E-state index is 0.0983. The van der Waals surface area contributed by atoms with E-state index in [2.05, 4.69) is 38.3 Å². The fraction of sp³-hybridized carbons (Fsp3) is 0.692. The SMILES string of the molecule is CC1(C)CC(N/C(N)=C/C=C(\N)Cl)CC(C)(C)N1. The van der Waals surface area contributed by atoms with Gasteiger partial charge < -0.3 is 22.1 Å². The predicted molar refractivity (Wildman–Crippen MR) is 77.8 cm³/mol. The van der Waals surface area contributed by atoms with Crippen molar-refractivity contribution in [1.29, 1.82) is 0 Å². The lowest BCUT2D eigenvalue weighted by atomic mass is 9.79. The van der Waals surface area contributed by atoms with Gasteiger partial charge in [0.25, 0.3) is 0 Å². The normalized spacial score (nSPS) is 24.9. The van der Waals surface area contributed by atoms with Gasteiger partial charge in [0.1, 0.15) is 0 Å². The average Bonchev–Trinajstić information content (AvgIpc) is 2.09. The molecule has 1 saturated heterocycles. The number of hydrogen-bond donors (Lipinski definition) is 4. The fourth-order valence-corrected chi connectivity index (χ4v) is 2.94. The summed E-state index contributed by atoms with van der Waals surface area (Å²) in [5.74, 6) is 0.595. The summed E-state index contributed by atoms with van der Waals surface area (Å²) in [7, 11) is 0. The van der Waals surface area contributed by atoms with Crippen LogP contribution in [0.3, 0.4) is 0 Å². The summed E-state index contributed by atoms with van der Waals surface area (Å²) in [5.41, 5.74) is 11.4. The molecule has 5 heteroatoms. The first-order valence-electron chi connectivity index (χ1n) is 6.24. The molecular formula is C13H25ClN4. The third-order valence-corrected chi connectivity index (χ3v) is 3.11. The highest BCUT2D eigenvalue weighted by atomic mass is 35.5. The van der Waals surface area contributed by atoms with E-state index in [0.29, 0.717) is 11.9 Å². The number of allylic oxidation sites excluding steroid dienone is 2. The highest BCUT2D eigenvalue weighted by Crippen LogP contribution is 2.28. The quantitative estimate of drug-likeness (QED) is 0.466. The lowest BCUT2D eigenvalue weighted by Gasteiger charge is -2.46. The lowest BCUT2D eigenvalue weighted by Crippen LogP contribution is -2.61. The minimum absolute atomic E-state index is 0.0983. The molecule has 1 aliphatic rings. The largest absolute Gasteiger partial charge is 0.389 e. The summed E-state index contributed by atoms with van der Waals surface area (Å²) in [6.45, 7) is 8.83. The Bertz CT molecular complexity index is 338. The second-order valence-corrected chi connectivity index (χ2v) is 6.75. The van der Waals surface area contributed by atoms with Crippen molar-refractivity contribution in [3.8, 4) is 0 Å². The smallest absolute Gasteiger partial charge is 0.0993 e. The highest BCUT2D eigenvalue weighted by molar-refractivity contribution is 6.29. The Morgan fingerprint density at radius 1 is 1.17 bits per heavy atom. The van der Waals surface area contributed by atoms with Crippen LogP contribution >= 0.6 is 11.6 Å². The molecule has 0 aliphatic carbocycles.